The van der Waals surface area contributed by atoms with Gasteiger partial charge in [0.2, 0.25) is 0 Å². The lowest BCUT2D eigenvalue weighted by atomic mass is 10.1. The number of hydrogen-bond donors (Lipinski definition) is 0. The molecule has 1 aliphatic rings. The molecule has 4 rings (SSSR count). The molecule has 0 saturated carbocycles. The topological polar surface area (TPSA) is 129 Å². The smallest absolute Gasteiger partial charge is 0.293 e. The van der Waals surface area contributed by atoms with E-state index >= 15 is 0 Å². The van der Waals surface area contributed by atoms with Crippen LogP contribution in [-0.2, 0) is 11.3 Å². The maximum absolute atomic E-state index is 12.9. The summed E-state index contributed by atoms with van der Waals surface area (Å²) in [6, 6.07) is 15.4. The number of thioether (sulfide) groups is 1. The molecule has 2 amide bonds. The van der Waals surface area contributed by atoms with Crippen LogP contribution in [0.1, 0.15) is 11.3 Å². The first-order valence-corrected chi connectivity index (χ1v) is 10.1. The fraction of sp³-hybridized carbons (Fsp3) is 0.0476. The van der Waals surface area contributed by atoms with Gasteiger partial charge in [0.25, 0.3) is 22.5 Å². The number of nitro groups is 2. The first-order chi connectivity index (χ1) is 15.3. The Morgan fingerprint density at radius 1 is 0.938 bits per heavy atom. The zero-order valence-corrected chi connectivity index (χ0v) is 17.1. The summed E-state index contributed by atoms with van der Waals surface area (Å²) in [5.74, 6) is -0.565. The minimum absolute atomic E-state index is 0.0769. The molecule has 1 saturated heterocycles. The van der Waals surface area contributed by atoms with Crippen LogP contribution in [0.15, 0.2) is 71.8 Å². The van der Waals surface area contributed by atoms with Crippen LogP contribution >= 0.6 is 11.8 Å². The summed E-state index contributed by atoms with van der Waals surface area (Å²) < 4.78 is 1.66. The van der Waals surface area contributed by atoms with Crippen LogP contribution in [0.2, 0.25) is 0 Å². The number of hydrogen-bond acceptors (Lipinski definition) is 7. The quantitative estimate of drug-likeness (QED) is 0.306. The van der Waals surface area contributed by atoms with Gasteiger partial charge in [-0.25, -0.2) is 0 Å². The summed E-state index contributed by atoms with van der Waals surface area (Å²) in [6.07, 6.45) is 3.20. The van der Waals surface area contributed by atoms with Crippen molar-refractivity contribution < 1.29 is 19.4 Å². The lowest BCUT2D eigenvalue weighted by Crippen LogP contribution is -2.27. The summed E-state index contributed by atoms with van der Waals surface area (Å²) in [6.45, 7) is -0.217. The molecule has 10 nitrogen and oxygen atoms in total. The molecule has 1 fully saturated rings. The Balaban J connectivity index is 1.63. The van der Waals surface area contributed by atoms with Gasteiger partial charge in [-0.1, -0.05) is 24.3 Å². The lowest BCUT2D eigenvalue weighted by Gasteiger charge is -2.12. The monoisotopic (exact) mass is 450 g/mol. The predicted octanol–water partition coefficient (Wildman–Crippen LogP) is 4.53. The molecule has 1 aliphatic heterocycles. The summed E-state index contributed by atoms with van der Waals surface area (Å²) in [5.41, 5.74) is 1.07. The Morgan fingerprint density at radius 3 is 2.47 bits per heavy atom. The Bertz CT molecular complexity index is 1300. The number of para-hydroxylation sites is 1. The largest absolute Gasteiger partial charge is 0.317 e. The fourth-order valence-electron chi connectivity index (χ4n) is 3.27. The van der Waals surface area contributed by atoms with E-state index in [1.165, 1.54) is 36.4 Å². The Labute approximate surface area is 185 Å². The lowest BCUT2D eigenvalue weighted by molar-refractivity contribution is -0.385. The average molecular weight is 450 g/mol. The molecule has 160 valence electrons. The second-order valence-corrected chi connectivity index (χ2v) is 7.73. The van der Waals surface area contributed by atoms with Crippen molar-refractivity contribution in [1.82, 2.24) is 9.47 Å². The molecular weight excluding hydrogens is 436 g/mol. The molecule has 3 aromatic rings. The predicted molar refractivity (Wildman–Crippen MR) is 117 cm³/mol. The van der Waals surface area contributed by atoms with Gasteiger partial charge in [-0.15, -0.1) is 0 Å². The number of carbonyl (C=O) groups is 2. The zero-order valence-electron chi connectivity index (χ0n) is 16.3. The van der Waals surface area contributed by atoms with Crippen molar-refractivity contribution >= 4 is 40.4 Å². The van der Waals surface area contributed by atoms with E-state index in [1.807, 2.05) is 0 Å². The molecule has 0 aliphatic carbocycles. The minimum atomic E-state index is -0.565. The molecular formula is C21H14N4O6S. The van der Waals surface area contributed by atoms with E-state index < -0.39 is 21.0 Å². The number of benzene rings is 2. The van der Waals surface area contributed by atoms with Crippen LogP contribution in [0, 0.1) is 20.2 Å². The van der Waals surface area contributed by atoms with Gasteiger partial charge >= 0.3 is 0 Å². The van der Waals surface area contributed by atoms with Crippen LogP contribution in [-0.4, -0.2) is 30.5 Å². The number of nitrogens with zero attached hydrogens (tertiary/aromatic N) is 4. The van der Waals surface area contributed by atoms with Crippen molar-refractivity contribution in [2.45, 2.75) is 6.54 Å². The highest BCUT2D eigenvalue weighted by atomic mass is 32.2. The zero-order chi connectivity index (χ0) is 22.8. The molecule has 32 heavy (non-hydrogen) atoms. The first-order valence-electron chi connectivity index (χ1n) is 9.25. The van der Waals surface area contributed by atoms with Crippen molar-refractivity contribution in [3.8, 4) is 5.69 Å². The number of aromatic nitrogens is 1. The molecule has 2 aromatic carbocycles. The van der Waals surface area contributed by atoms with Crippen molar-refractivity contribution in [2.24, 2.45) is 0 Å². The highest BCUT2D eigenvalue weighted by molar-refractivity contribution is 8.18. The number of imide groups is 1. The highest BCUT2D eigenvalue weighted by Crippen LogP contribution is 2.35. The Kier molecular flexibility index (Phi) is 5.56. The fourth-order valence-corrected chi connectivity index (χ4v) is 4.09. The molecule has 0 atom stereocenters. The molecule has 0 N–H and O–H groups in total. The minimum Gasteiger partial charge on any atom is -0.317 e. The van der Waals surface area contributed by atoms with Crippen molar-refractivity contribution in [1.29, 1.82) is 0 Å². The van der Waals surface area contributed by atoms with E-state index in [2.05, 4.69) is 0 Å². The second kappa shape index (κ2) is 8.47. The van der Waals surface area contributed by atoms with E-state index in [0.717, 1.165) is 16.7 Å². The van der Waals surface area contributed by atoms with Crippen LogP contribution < -0.4 is 0 Å². The van der Waals surface area contributed by atoms with E-state index in [0.29, 0.717) is 11.4 Å². The van der Waals surface area contributed by atoms with Gasteiger partial charge in [-0.05, 0) is 36.0 Å². The maximum atomic E-state index is 12.9. The molecule has 0 spiro atoms. The molecule has 1 aromatic heterocycles. The van der Waals surface area contributed by atoms with Crippen molar-refractivity contribution in [3.63, 3.8) is 0 Å². The maximum Gasteiger partial charge on any atom is 0.293 e. The van der Waals surface area contributed by atoms with Gasteiger partial charge < -0.3 is 4.57 Å². The number of rotatable bonds is 6. The number of non-ortho nitro benzene ring substituents is 1. The molecule has 0 unspecified atom stereocenters. The SMILES string of the molecule is O=C1S/C(=C\c2cccn2-c2cccc([N+](=O)[O-])c2)C(=O)N1Cc1ccccc1[N+](=O)[O-]. The summed E-state index contributed by atoms with van der Waals surface area (Å²) in [4.78, 5) is 47.7. The van der Waals surface area contributed by atoms with E-state index in [1.54, 1.807) is 41.1 Å². The van der Waals surface area contributed by atoms with Gasteiger partial charge in [0, 0.05) is 35.7 Å². The number of nitro benzene ring substituents is 2. The summed E-state index contributed by atoms with van der Waals surface area (Å²) in [5, 5.41) is 21.8. The van der Waals surface area contributed by atoms with Crippen LogP contribution in [0.4, 0.5) is 16.2 Å². The molecule has 2 heterocycles. The molecule has 11 heteroatoms. The van der Waals surface area contributed by atoms with Crippen molar-refractivity contribution in [3.05, 3.63) is 103 Å². The summed E-state index contributed by atoms with van der Waals surface area (Å²) >= 11 is 0.733. The third-order valence-corrected chi connectivity index (χ3v) is 5.68. The molecule has 0 radical (unpaired) electrons. The van der Waals surface area contributed by atoms with Gasteiger partial charge in [0.05, 0.1) is 27.0 Å². The van der Waals surface area contributed by atoms with Crippen LogP contribution in [0.25, 0.3) is 11.8 Å². The van der Waals surface area contributed by atoms with Gasteiger partial charge in [-0.3, -0.25) is 34.7 Å². The number of carbonyl (C=O) groups excluding carboxylic acids is 2. The van der Waals surface area contributed by atoms with Crippen LogP contribution in [0.5, 0.6) is 0 Å². The van der Waals surface area contributed by atoms with E-state index in [9.17, 15) is 29.8 Å². The Morgan fingerprint density at radius 2 is 1.72 bits per heavy atom. The van der Waals surface area contributed by atoms with Gasteiger partial charge in [0.1, 0.15) is 0 Å². The normalized spacial score (nSPS) is 14.9. The number of amides is 2. The highest BCUT2D eigenvalue weighted by Gasteiger charge is 2.36. The molecule has 0 bridgehead atoms. The average Bonchev–Trinajstić information content (AvgIpc) is 3.34. The van der Waals surface area contributed by atoms with Crippen LogP contribution in [0.3, 0.4) is 0 Å². The van der Waals surface area contributed by atoms with E-state index in [-0.39, 0.29) is 28.4 Å². The van der Waals surface area contributed by atoms with Gasteiger partial charge in [-0.2, -0.15) is 0 Å². The van der Waals surface area contributed by atoms with Gasteiger partial charge in [0.15, 0.2) is 0 Å². The third-order valence-electron chi connectivity index (χ3n) is 4.77. The third kappa shape index (κ3) is 4.01. The summed E-state index contributed by atoms with van der Waals surface area (Å²) in [7, 11) is 0. The Hall–Kier alpha value is -4.25. The second-order valence-electron chi connectivity index (χ2n) is 6.73. The standard InChI is InChI=1S/C21H14N4O6S/c26-20-19(32-21(27)23(20)13-14-5-1-2-9-18(14)25(30)31)12-16-8-4-10-22(16)15-6-3-7-17(11-15)24(28)29/h1-12H,13H2/b19-12-. The first kappa shape index (κ1) is 21.0. The van der Waals surface area contributed by atoms with Crippen molar-refractivity contribution in [2.75, 3.05) is 0 Å². The van der Waals surface area contributed by atoms with E-state index in [4.69, 9.17) is 0 Å².